The summed E-state index contributed by atoms with van der Waals surface area (Å²) in [7, 11) is 0. The molecule has 1 heterocycles. The van der Waals surface area contributed by atoms with Crippen molar-refractivity contribution in [2.45, 2.75) is 20.8 Å². The number of benzene rings is 1. The van der Waals surface area contributed by atoms with Crippen LogP contribution in [-0.2, 0) is 0 Å². The van der Waals surface area contributed by atoms with E-state index in [-0.39, 0.29) is 5.91 Å². The highest BCUT2D eigenvalue weighted by Gasteiger charge is 2.14. The van der Waals surface area contributed by atoms with Gasteiger partial charge < -0.3 is 9.42 Å². The molecule has 21 heavy (non-hydrogen) atoms. The van der Waals surface area contributed by atoms with E-state index in [1.165, 1.54) is 0 Å². The van der Waals surface area contributed by atoms with E-state index in [0.717, 1.165) is 11.1 Å². The van der Waals surface area contributed by atoms with E-state index >= 15 is 0 Å². The second-order valence-corrected chi connectivity index (χ2v) is 5.00. The quantitative estimate of drug-likeness (QED) is 0.792. The Labute approximate surface area is 124 Å². The van der Waals surface area contributed by atoms with Gasteiger partial charge in [-0.15, -0.1) is 0 Å². The van der Waals surface area contributed by atoms with Crippen LogP contribution >= 0.6 is 0 Å². The predicted molar refractivity (Wildman–Crippen MR) is 80.9 cm³/mol. The molecular weight excluding hydrogens is 266 g/mol. The van der Waals surface area contributed by atoms with Crippen LogP contribution in [0.25, 0.3) is 11.5 Å². The summed E-state index contributed by atoms with van der Waals surface area (Å²) in [5, 5.41) is 3.75. The summed E-state index contributed by atoms with van der Waals surface area (Å²) in [6.07, 6.45) is 0. The van der Waals surface area contributed by atoms with Gasteiger partial charge in [0.15, 0.2) is 5.82 Å². The van der Waals surface area contributed by atoms with Gasteiger partial charge in [-0.25, -0.2) is 0 Å². The van der Waals surface area contributed by atoms with Crippen LogP contribution in [0, 0.1) is 6.92 Å². The molecule has 0 aliphatic carbocycles. The van der Waals surface area contributed by atoms with E-state index in [1.54, 1.807) is 24.0 Å². The van der Waals surface area contributed by atoms with E-state index in [2.05, 4.69) is 16.7 Å². The Balaban J connectivity index is 2.18. The van der Waals surface area contributed by atoms with Gasteiger partial charge in [0.1, 0.15) is 0 Å². The number of rotatable bonds is 5. The summed E-state index contributed by atoms with van der Waals surface area (Å²) in [5.74, 6) is 1.04. The van der Waals surface area contributed by atoms with Gasteiger partial charge >= 0.3 is 0 Å². The molecule has 0 unspecified atom stereocenters. The largest absolute Gasteiger partial charge is 0.335 e. The highest BCUT2D eigenvalue weighted by Crippen LogP contribution is 2.18. The van der Waals surface area contributed by atoms with Crippen LogP contribution in [-0.4, -0.2) is 34.0 Å². The van der Waals surface area contributed by atoms with E-state index in [9.17, 15) is 4.79 Å². The van der Waals surface area contributed by atoms with Crippen LogP contribution < -0.4 is 0 Å². The minimum Gasteiger partial charge on any atom is -0.335 e. The first-order valence-electron chi connectivity index (χ1n) is 6.85. The van der Waals surface area contributed by atoms with Gasteiger partial charge in [0.05, 0.1) is 0 Å². The molecule has 5 heteroatoms. The Kier molecular flexibility index (Phi) is 4.52. The SMILES string of the molecule is C=C(C)CN(CC)C(=O)c1ccc(-c2nc(C)no2)cc1. The molecule has 0 bridgehead atoms. The van der Waals surface area contributed by atoms with Crippen molar-refractivity contribution in [3.8, 4) is 11.5 Å². The van der Waals surface area contributed by atoms with Gasteiger partial charge in [-0.3, -0.25) is 4.79 Å². The molecule has 1 amide bonds. The average Bonchev–Trinajstić information content (AvgIpc) is 2.90. The summed E-state index contributed by atoms with van der Waals surface area (Å²) in [6, 6.07) is 7.18. The maximum Gasteiger partial charge on any atom is 0.257 e. The number of likely N-dealkylation sites (N-methyl/N-ethyl adjacent to an activating group) is 1. The third-order valence-electron chi connectivity index (χ3n) is 3.04. The second kappa shape index (κ2) is 6.35. The molecule has 0 spiro atoms. The first kappa shape index (κ1) is 15.0. The number of hydrogen-bond acceptors (Lipinski definition) is 4. The molecule has 0 aliphatic heterocycles. The normalized spacial score (nSPS) is 10.4. The van der Waals surface area contributed by atoms with Crippen molar-refractivity contribution in [3.63, 3.8) is 0 Å². The lowest BCUT2D eigenvalue weighted by atomic mass is 10.1. The zero-order chi connectivity index (χ0) is 15.4. The fourth-order valence-corrected chi connectivity index (χ4v) is 2.01. The lowest BCUT2D eigenvalue weighted by Gasteiger charge is -2.21. The van der Waals surface area contributed by atoms with Gasteiger partial charge in [-0.2, -0.15) is 4.98 Å². The van der Waals surface area contributed by atoms with Crippen LogP contribution in [0.3, 0.4) is 0 Å². The Morgan fingerprint density at radius 3 is 2.48 bits per heavy atom. The zero-order valence-corrected chi connectivity index (χ0v) is 12.6. The molecule has 2 aromatic rings. The standard InChI is InChI=1S/C16H19N3O2/c1-5-19(10-11(2)3)16(20)14-8-6-13(7-9-14)15-17-12(4)18-21-15/h6-9H,2,5,10H2,1,3-4H3. The zero-order valence-electron chi connectivity index (χ0n) is 12.6. The second-order valence-electron chi connectivity index (χ2n) is 5.00. The maximum atomic E-state index is 12.4. The number of hydrogen-bond donors (Lipinski definition) is 0. The molecule has 0 radical (unpaired) electrons. The van der Waals surface area contributed by atoms with E-state index in [4.69, 9.17) is 4.52 Å². The highest BCUT2D eigenvalue weighted by molar-refractivity contribution is 5.94. The smallest absolute Gasteiger partial charge is 0.257 e. The first-order chi connectivity index (χ1) is 10.0. The molecule has 1 aromatic heterocycles. The van der Waals surface area contributed by atoms with Gasteiger partial charge in [-0.05, 0) is 45.0 Å². The summed E-state index contributed by atoms with van der Waals surface area (Å²) < 4.78 is 5.10. The molecule has 1 aromatic carbocycles. The lowest BCUT2D eigenvalue weighted by molar-refractivity contribution is 0.0778. The minimum absolute atomic E-state index is 0.00578. The third kappa shape index (κ3) is 3.56. The van der Waals surface area contributed by atoms with Gasteiger partial charge in [0, 0.05) is 24.2 Å². The third-order valence-corrected chi connectivity index (χ3v) is 3.04. The Bertz CT molecular complexity index is 644. The fourth-order valence-electron chi connectivity index (χ4n) is 2.01. The average molecular weight is 285 g/mol. The van der Waals surface area contributed by atoms with Crippen molar-refractivity contribution in [2.24, 2.45) is 0 Å². The molecule has 0 saturated heterocycles. The van der Waals surface area contributed by atoms with Crippen molar-refractivity contribution in [1.82, 2.24) is 15.0 Å². The fraction of sp³-hybridized carbons (Fsp3) is 0.312. The number of aryl methyl sites for hydroxylation is 1. The number of amides is 1. The van der Waals surface area contributed by atoms with Crippen molar-refractivity contribution < 1.29 is 9.32 Å². The number of carbonyl (C=O) groups excluding carboxylic acids is 1. The monoisotopic (exact) mass is 285 g/mol. The highest BCUT2D eigenvalue weighted by atomic mass is 16.5. The summed E-state index contributed by atoms with van der Waals surface area (Å²) in [5.41, 5.74) is 2.40. The Morgan fingerprint density at radius 1 is 1.33 bits per heavy atom. The molecule has 0 saturated carbocycles. The Morgan fingerprint density at radius 2 is 2.00 bits per heavy atom. The van der Waals surface area contributed by atoms with Crippen LogP contribution in [0.4, 0.5) is 0 Å². The van der Waals surface area contributed by atoms with Crippen LogP contribution in [0.1, 0.15) is 30.0 Å². The first-order valence-corrected chi connectivity index (χ1v) is 6.85. The van der Waals surface area contributed by atoms with E-state index in [1.807, 2.05) is 26.0 Å². The lowest BCUT2D eigenvalue weighted by Crippen LogP contribution is -2.32. The molecule has 2 rings (SSSR count). The van der Waals surface area contributed by atoms with Crippen molar-refractivity contribution in [1.29, 1.82) is 0 Å². The molecular formula is C16H19N3O2. The van der Waals surface area contributed by atoms with Crippen molar-refractivity contribution in [3.05, 3.63) is 47.8 Å². The molecule has 0 aliphatic rings. The minimum atomic E-state index is -0.00578. The van der Waals surface area contributed by atoms with Crippen molar-refractivity contribution in [2.75, 3.05) is 13.1 Å². The molecule has 110 valence electrons. The summed E-state index contributed by atoms with van der Waals surface area (Å²) in [6.45, 7) is 10.7. The van der Waals surface area contributed by atoms with Crippen LogP contribution in [0.2, 0.25) is 0 Å². The number of aromatic nitrogens is 2. The summed E-state index contributed by atoms with van der Waals surface area (Å²) in [4.78, 5) is 18.3. The van der Waals surface area contributed by atoms with E-state index in [0.29, 0.717) is 30.4 Å². The van der Waals surface area contributed by atoms with Gasteiger partial charge in [0.25, 0.3) is 11.8 Å². The number of carbonyl (C=O) groups is 1. The molecule has 5 nitrogen and oxygen atoms in total. The molecule has 0 N–H and O–H groups in total. The number of nitrogens with zero attached hydrogens (tertiary/aromatic N) is 3. The summed E-state index contributed by atoms with van der Waals surface area (Å²) >= 11 is 0. The van der Waals surface area contributed by atoms with Crippen LogP contribution in [0.5, 0.6) is 0 Å². The van der Waals surface area contributed by atoms with Gasteiger partial charge in [-0.1, -0.05) is 17.3 Å². The van der Waals surface area contributed by atoms with Crippen LogP contribution in [0.15, 0.2) is 40.9 Å². The van der Waals surface area contributed by atoms with Gasteiger partial charge in [0.2, 0.25) is 0 Å². The Hall–Kier alpha value is -2.43. The van der Waals surface area contributed by atoms with Crippen molar-refractivity contribution >= 4 is 5.91 Å². The van der Waals surface area contributed by atoms with E-state index < -0.39 is 0 Å². The molecule has 0 atom stereocenters. The molecule has 0 fully saturated rings. The predicted octanol–water partition coefficient (Wildman–Crippen LogP) is 3.08. The maximum absolute atomic E-state index is 12.4. The topological polar surface area (TPSA) is 59.2 Å².